The lowest BCUT2D eigenvalue weighted by Gasteiger charge is -2.10. The van der Waals surface area contributed by atoms with E-state index in [4.69, 9.17) is 19.7 Å². The fourth-order valence-corrected chi connectivity index (χ4v) is 2.71. The van der Waals surface area contributed by atoms with E-state index in [-0.39, 0.29) is 11.7 Å². The van der Waals surface area contributed by atoms with Crippen LogP contribution in [0.5, 0.6) is 11.5 Å². The van der Waals surface area contributed by atoms with Crippen LogP contribution < -0.4 is 15.2 Å². The van der Waals surface area contributed by atoms with Crippen molar-refractivity contribution in [2.75, 3.05) is 19.5 Å². The fourth-order valence-electron chi connectivity index (χ4n) is 2.71. The second-order valence-electron chi connectivity index (χ2n) is 5.79. The van der Waals surface area contributed by atoms with Crippen LogP contribution in [0.4, 0.5) is 5.82 Å². The molecule has 0 radical (unpaired) electrons. The number of para-hydroxylation sites is 2. The van der Waals surface area contributed by atoms with E-state index in [1.54, 1.807) is 7.11 Å². The van der Waals surface area contributed by atoms with Crippen LogP contribution in [0.15, 0.2) is 53.1 Å². The summed E-state index contributed by atoms with van der Waals surface area (Å²) in [7, 11) is 1.61. The van der Waals surface area contributed by atoms with Crippen molar-refractivity contribution in [1.29, 1.82) is 0 Å². The molecule has 142 valence electrons. The highest BCUT2D eigenvalue weighted by Gasteiger charge is 2.21. The van der Waals surface area contributed by atoms with Crippen molar-refractivity contribution in [3.63, 3.8) is 0 Å². The van der Waals surface area contributed by atoms with Gasteiger partial charge in [-0.05, 0) is 43.3 Å². The molecule has 2 N–H and O–H groups in total. The lowest BCUT2D eigenvalue weighted by atomic mass is 10.2. The molecular weight excluding hydrogens is 360 g/mol. The average Bonchev–Trinajstić information content (AvgIpc) is 3.36. The van der Waals surface area contributed by atoms with Gasteiger partial charge in [-0.3, -0.25) is 0 Å². The lowest BCUT2D eigenvalue weighted by molar-refractivity contribution is 0.338. The van der Waals surface area contributed by atoms with E-state index in [1.807, 2.05) is 55.5 Å². The maximum atomic E-state index is 6.26. The molecule has 2 aromatic heterocycles. The van der Waals surface area contributed by atoms with Crippen molar-refractivity contribution in [1.82, 2.24) is 25.1 Å². The summed E-state index contributed by atoms with van der Waals surface area (Å²) >= 11 is 0. The molecule has 0 atom stereocenters. The van der Waals surface area contributed by atoms with E-state index in [0.717, 1.165) is 11.3 Å². The standard InChI is InChI=1S/C19H18N6O3/c1-3-27-15-7-5-4-6-14(15)25-17(20)16(22-24-25)19-21-18(23-28-19)12-8-10-13(26-2)11-9-12/h4-11H,3,20H2,1-2H3. The van der Waals surface area contributed by atoms with Gasteiger partial charge in [0.05, 0.1) is 13.7 Å². The van der Waals surface area contributed by atoms with Gasteiger partial charge >= 0.3 is 0 Å². The molecule has 0 saturated heterocycles. The van der Waals surface area contributed by atoms with Gasteiger partial charge in [-0.1, -0.05) is 22.5 Å². The van der Waals surface area contributed by atoms with Gasteiger partial charge in [-0.15, -0.1) is 5.10 Å². The third-order valence-electron chi connectivity index (χ3n) is 4.08. The number of aromatic nitrogens is 5. The van der Waals surface area contributed by atoms with Gasteiger partial charge in [-0.25, -0.2) is 0 Å². The molecule has 2 aromatic carbocycles. The second kappa shape index (κ2) is 7.39. The Morgan fingerprint density at radius 2 is 1.89 bits per heavy atom. The van der Waals surface area contributed by atoms with Crippen molar-refractivity contribution >= 4 is 5.82 Å². The number of benzene rings is 2. The third kappa shape index (κ3) is 3.13. The molecule has 0 fully saturated rings. The highest BCUT2D eigenvalue weighted by molar-refractivity contribution is 5.67. The molecule has 9 heteroatoms. The molecule has 4 aromatic rings. The number of methoxy groups -OCH3 is 1. The molecule has 2 heterocycles. The molecule has 4 rings (SSSR count). The Morgan fingerprint density at radius 1 is 1.11 bits per heavy atom. The van der Waals surface area contributed by atoms with Gasteiger partial charge in [0.2, 0.25) is 5.82 Å². The monoisotopic (exact) mass is 378 g/mol. The summed E-state index contributed by atoms with van der Waals surface area (Å²) in [5.41, 5.74) is 8.02. The van der Waals surface area contributed by atoms with E-state index < -0.39 is 0 Å². The first-order chi connectivity index (χ1) is 13.7. The van der Waals surface area contributed by atoms with Crippen LogP contribution >= 0.6 is 0 Å². The van der Waals surface area contributed by atoms with Crippen molar-refractivity contribution in [3.05, 3.63) is 48.5 Å². The lowest BCUT2D eigenvalue weighted by Crippen LogP contribution is -2.05. The number of hydrogen-bond donors (Lipinski definition) is 1. The normalized spacial score (nSPS) is 10.8. The largest absolute Gasteiger partial charge is 0.497 e. The van der Waals surface area contributed by atoms with Crippen LogP contribution in [0.25, 0.3) is 28.7 Å². The minimum Gasteiger partial charge on any atom is -0.497 e. The molecule has 0 aliphatic rings. The van der Waals surface area contributed by atoms with Crippen LogP contribution in [-0.2, 0) is 0 Å². The van der Waals surface area contributed by atoms with Crippen LogP contribution in [0, 0.1) is 0 Å². The molecule has 0 saturated carbocycles. The Hall–Kier alpha value is -3.88. The summed E-state index contributed by atoms with van der Waals surface area (Å²) in [5, 5.41) is 12.2. The minimum atomic E-state index is 0.184. The number of nitrogen functional groups attached to an aromatic ring is 1. The molecule has 9 nitrogen and oxygen atoms in total. The first kappa shape index (κ1) is 17.5. The number of ether oxygens (including phenoxy) is 2. The molecule has 0 bridgehead atoms. The smallest absolute Gasteiger partial charge is 0.282 e. The summed E-state index contributed by atoms with van der Waals surface area (Å²) < 4.78 is 17.6. The number of nitrogens with two attached hydrogens (primary N) is 1. The maximum Gasteiger partial charge on any atom is 0.282 e. The van der Waals surface area contributed by atoms with Crippen LogP contribution in [-0.4, -0.2) is 38.9 Å². The van der Waals surface area contributed by atoms with Crippen molar-refractivity contribution in [3.8, 4) is 40.2 Å². The first-order valence-corrected chi connectivity index (χ1v) is 8.63. The predicted molar refractivity (Wildman–Crippen MR) is 102 cm³/mol. The zero-order valence-electron chi connectivity index (χ0n) is 15.4. The molecule has 0 amide bonds. The summed E-state index contributed by atoms with van der Waals surface area (Å²) in [5.74, 6) is 2.27. The van der Waals surface area contributed by atoms with Crippen molar-refractivity contribution < 1.29 is 14.0 Å². The Labute approximate surface area is 160 Å². The van der Waals surface area contributed by atoms with Gasteiger partial charge in [0.25, 0.3) is 5.89 Å². The van der Waals surface area contributed by atoms with Crippen LogP contribution in [0.2, 0.25) is 0 Å². The Kier molecular flexibility index (Phi) is 4.63. The zero-order chi connectivity index (χ0) is 19.5. The van der Waals surface area contributed by atoms with Gasteiger partial charge in [0.1, 0.15) is 17.2 Å². The molecular formula is C19H18N6O3. The van der Waals surface area contributed by atoms with Gasteiger partial charge < -0.3 is 19.7 Å². The first-order valence-electron chi connectivity index (χ1n) is 8.63. The van der Waals surface area contributed by atoms with Crippen LogP contribution in [0.1, 0.15) is 6.92 Å². The summed E-state index contributed by atoms with van der Waals surface area (Å²) in [4.78, 5) is 4.39. The van der Waals surface area contributed by atoms with Gasteiger partial charge in [-0.2, -0.15) is 9.67 Å². The third-order valence-corrected chi connectivity index (χ3v) is 4.08. The van der Waals surface area contributed by atoms with Gasteiger partial charge in [0, 0.05) is 5.56 Å². The Balaban J connectivity index is 1.68. The number of hydrogen-bond acceptors (Lipinski definition) is 8. The van der Waals surface area contributed by atoms with E-state index in [2.05, 4.69) is 20.5 Å². The Bertz CT molecular complexity index is 1090. The Morgan fingerprint density at radius 3 is 2.64 bits per heavy atom. The number of nitrogens with zero attached hydrogens (tertiary/aromatic N) is 5. The number of rotatable bonds is 6. The topological polar surface area (TPSA) is 114 Å². The van der Waals surface area contributed by atoms with E-state index in [0.29, 0.717) is 29.6 Å². The molecule has 0 unspecified atom stereocenters. The van der Waals surface area contributed by atoms with Crippen molar-refractivity contribution in [2.24, 2.45) is 0 Å². The summed E-state index contributed by atoms with van der Waals surface area (Å²) in [6.45, 7) is 2.43. The van der Waals surface area contributed by atoms with Gasteiger partial charge in [0.15, 0.2) is 11.5 Å². The highest BCUT2D eigenvalue weighted by atomic mass is 16.5. The SMILES string of the molecule is CCOc1ccccc1-n1nnc(-c2nc(-c3ccc(OC)cc3)no2)c1N. The highest BCUT2D eigenvalue weighted by Crippen LogP contribution is 2.30. The molecule has 28 heavy (non-hydrogen) atoms. The molecule has 0 aliphatic carbocycles. The summed E-state index contributed by atoms with van der Waals surface area (Å²) in [6.07, 6.45) is 0. The zero-order valence-corrected chi connectivity index (χ0v) is 15.4. The van der Waals surface area contributed by atoms with Crippen LogP contribution in [0.3, 0.4) is 0 Å². The van der Waals surface area contributed by atoms with E-state index >= 15 is 0 Å². The molecule has 0 aliphatic heterocycles. The van der Waals surface area contributed by atoms with E-state index in [1.165, 1.54) is 4.68 Å². The predicted octanol–water partition coefficient (Wildman–Crippen LogP) is 2.97. The minimum absolute atomic E-state index is 0.184. The summed E-state index contributed by atoms with van der Waals surface area (Å²) in [6, 6.07) is 14.7. The average molecular weight is 378 g/mol. The van der Waals surface area contributed by atoms with Crippen molar-refractivity contribution in [2.45, 2.75) is 6.92 Å². The number of anilines is 1. The quantitative estimate of drug-likeness (QED) is 0.545. The van der Waals surface area contributed by atoms with E-state index in [9.17, 15) is 0 Å². The maximum absolute atomic E-state index is 6.26. The fraction of sp³-hybridized carbons (Fsp3) is 0.158. The molecule has 0 spiro atoms. The second-order valence-corrected chi connectivity index (χ2v) is 5.79.